The molecule has 12 heavy (non-hydrogen) atoms. The van der Waals surface area contributed by atoms with Crippen LogP contribution in [0.4, 0.5) is 0 Å². The lowest BCUT2D eigenvalue weighted by molar-refractivity contribution is 0.553. The molecule has 1 nitrogen and oxygen atoms in total. The molecule has 0 bridgehead atoms. The van der Waals surface area contributed by atoms with Crippen LogP contribution in [0.2, 0.25) is 0 Å². The third-order valence-electron chi connectivity index (χ3n) is 2.42. The van der Waals surface area contributed by atoms with Crippen LogP contribution in [0, 0.1) is 0 Å². The van der Waals surface area contributed by atoms with E-state index in [1.165, 1.54) is 38.5 Å². The number of hydrogen-bond acceptors (Lipinski definition) is 1. The zero-order valence-corrected chi connectivity index (χ0v) is 7.64. The molecule has 0 unspecified atom stereocenters. The second-order valence-electron chi connectivity index (χ2n) is 3.49. The molecule has 1 heteroatoms. The fraction of sp³-hybridized carbons (Fsp3) is 0.727. The average molecular weight is 165 g/mol. The van der Waals surface area contributed by atoms with Gasteiger partial charge in [0.1, 0.15) is 0 Å². The van der Waals surface area contributed by atoms with E-state index < -0.39 is 0 Å². The van der Waals surface area contributed by atoms with Crippen LogP contribution < -0.4 is 0 Å². The van der Waals surface area contributed by atoms with Crippen LogP contribution in [0.1, 0.15) is 51.4 Å². The van der Waals surface area contributed by atoms with Crippen LogP contribution in [0.25, 0.3) is 0 Å². The first-order valence-electron chi connectivity index (χ1n) is 5.00. The number of rotatable bonds is 1. The maximum atomic E-state index is 10.4. The van der Waals surface area contributed by atoms with Crippen molar-refractivity contribution in [3.63, 3.8) is 0 Å². The summed E-state index contributed by atoms with van der Waals surface area (Å²) in [6.45, 7) is 0. The van der Waals surface area contributed by atoms with Crippen LogP contribution in [0.3, 0.4) is 0 Å². The quantitative estimate of drug-likeness (QED) is 0.583. The second kappa shape index (κ2) is 5.99. The number of carbonyl (C=O) groups excluding carboxylic acids is 1. The van der Waals surface area contributed by atoms with Gasteiger partial charge in [0.25, 0.3) is 0 Å². The van der Waals surface area contributed by atoms with Gasteiger partial charge in [0.05, 0.1) is 0 Å². The Labute approximate surface area is 74.9 Å². The fourth-order valence-electron chi connectivity index (χ4n) is 1.64. The van der Waals surface area contributed by atoms with Crippen molar-refractivity contribution in [2.45, 2.75) is 51.4 Å². The molecule has 0 saturated carbocycles. The molecule has 0 amide bonds. The Morgan fingerprint density at radius 1 is 1.00 bits per heavy atom. The second-order valence-corrected chi connectivity index (χ2v) is 3.49. The Morgan fingerprint density at radius 2 is 1.67 bits per heavy atom. The van der Waals surface area contributed by atoms with Gasteiger partial charge >= 0.3 is 0 Å². The van der Waals surface area contributed by atoms with Crippen molar-refractivity contribution in [2.24, 2.45) is 0 Å². The van der Waals surface area contributed by atoms with Gasteiger partial charge in [-0.15, -0.1) is 0 Å². The standard InChI is InChI=1S/C11H17O/c12-10-11-8-6-4-2-1-3-5-7-9-11/h8H,1-7,9H2/b11-8+. The average Bonchev–Trinajstić information content (AvgIpc) is 2.14. The molecule has 0 saturated heterocycles. The lowest BCUT2D eigenvalue weighted by atomic mass is 10.0. The molecular weight excluding hydrogens is 148 g/mol. The van der Waals surface area contributed by atoms with Crippen LogP contribution in [0.15, 0.2) is 11.6 Å². The highest BCUT2D eigenvalue weighted by molar-refractivity contribution is 5.73. The Bertz CT molecular complexity index is 158. The maximum Gasteiger partial charge on any atom is 0.228 e. The highest BCUT2D eigenvalue weighted by Crippen LogP contribution is 2.15. The van der Waals surface area contributed by atoms with Gasteiger partial charge in [0, 0.05) is 0 Å². The molecule has 0 atom stereocenters. The van der Waals surface area contributed by atoms with Crippen molar-refractivity contribution >= 4 is 6.29 Å². The molecule has 0 aromatic rings. The third-order valence-corrected chi connectivity index (χ3v) is 2.42. The van der Waals surface area contributed by atoms with E-state index in [1.54, 1.807) is 0 Å². The highest BCUT2D eigenvalue weighted by atomic mass is 16.1. The molecular formula is C11H17O. The maximum absolute atomic E-state index is 10.4. The lowest BCUT2D eigenvalue weighted by Gasteiger charge is -2.04. The molecule has 0 fully saturated rings. The highest BCUT2D eigenvalue weighted by Gasteiger charge is 1.99. The molecule has 1 radical (unpaired) electrons. The van der Waals surface area contributed by atoms with Crippen molar-refractivity contribution in [2.75, 3.05) is 0 Å². The summed E-state index contributed by atoms with van der Waals surface area (Å²) in [5, 5.41) is 0. The van der Waals surface area contributed by atoms with E-state index in [2.05, 4.69) is 6.08 Å². The zero-order valence-electron chi connectivity index (χ0n) is 7.64. The van der Waals surface area contributed by atoms with E-state index in [4.69, 9.17) is 0 Å². The van der Waals surface area contributed by atoms with Crippen molar-refractivity contribution < 1.29 is 4.79 Å². The van der Waals surface area contributed by atoms with Crippen molar-refractivity contribution in [1.82, 2.24) is 0 Å². The third kappa shape index (κ3) is 3.70. The van der Waals surface area contributed by atoms with Crippen LogP contribution in [0.5, 0.6) is 0 Å². The summed E-state index contributed by atoms with van der Waals surface area (Å²) in [5.41, 5.74) is 0.900. The summed E-state index contributed by atoms with van der Waals surface area (Å²) in [6, 6.07) is 0. The molecule has 0 spiro atoms. The molecule has 1 rings (SSSR count). The van der Waals surface area contributed by atoms with Gasteiger partial charge in [-0.1, -0.05) is 31.8 Å². The van der Waals surface area contributed by atoms with E-state index >= 15 is 0 Å². The first kappa shape index (κ1) is 9.50. The Morgan fingerprint density at radius 3 is 2.42 bits per heavy atom. The first-order chi connectivity index (χ1) is 5.93. The van der Waals surface area contributed by atoms with E-state index in [-0.39, 0.29) is 0 Å². The molecule has 1 aliphatic rings. The molecule has 0 heterocycles. The van der Waals surface area contributed by atoms with E-state index in [9.17, 15) is 4.79 Å². The summed E-state index contributed by atoms with van der Waals surface area (Å²) < 4.78 is 0. The first-order valence-corrected chi connectivity index (χ1v) is 5.00. The van der Waals surface area contributed by atoms with Gasteiger partial charge in [0.2, 0.25) is 6.29 Å². The molecule has 67 valence electrons. The summed E-state index contributed by atoms with van der Waals surface area (Å²) in [5.74, 6) is 0. The van der Waals surface area contributed by atoms with Crippen molar-refractivity contribution in [3.8, 4) is 0 Å². The summed E-state index contributed by atoms with van der Waals surface area (Å²) in [7, 11) is 0. The van der Waals surface area contributed by atoms with Gasteiger partial charge in [-0.3, -0.25) is 4.79 Å². The van der Waals surface area contributed by atoms with Crippen LogP contribution >= 0.6 is 0 Å². The summed E-state index contributed by atoms with van der Waals surface area (Å²) in [6.07, 6.45) is 13.8. The molecule has 1 aliphatic carbocycles. The largest absolute Gasteiger partial charge is 0.285 e. The van der Waals surface area contributed by atoms with Crippen molar-refractivity contribution in [1.29, 1.82) is 0 Å². The minimum atomic E-state index is 0.900. The summed E-state index contributed by atoms with van der Waals surface area (Å²) in [4.78, 5) is 10.4. The monoisotopic (exact) mass is 165 g/mol. The molecule has 0 aromatic heterocycles. The van der Waals surface area contributed by atoms with E-state index in [0.29, 0.717) is 0 Å². The Hall–Kier alpha value is -0.590. The smallest absolute Gasteiger partial charge is 0.228 e. The van der Waals surface area contributed by atoms with E-state index in [1.807, 2.05) is 6.29 Å². The lowest BCUT2D eigenvalue weighted by Crippen LogP contribution is -1.89. The minimum Gasteiger partial charge on any atom is -0.285 e. The predicted molar refractivity (Wildman–Crippen MR) is 50.7 cm³/mol. The van der Waals surface area contributed by atoms with Gasteiger partial charge < -0.3 is 0 Å². The topological polar surface area (TPSA) is 17.1 Å². The van der Waals surface area contributed by atoms with Crippen molar-refractivity contribution in [3.05, 3.63) is 11.6 Å². The van der Waals surface area contributed by atoms with Gasteiger partial charge in [-0.25, -0.2) is 0 Å². The Kier molecular flexibility index (Phi) is 4.74. The number of hydrogen-bond donors (Lipinski definition) is 0. The minimum absolute atomic E-state index is 0.900. The predicted octanol–water partition coefficient (Wildman–Crippen LogP) is 3.16. The van der Waals surface area contributed by atoms with Gasteiger partial charge in [0.15, 0.2) is 0 Å². The normalized spacial score (nSPS) is 25.5. The fourth-order valence-corrected chi connectivity index (χ4v) is 1.64. The summed E-state index contributed by atoms with van der Waals surface area (Å²) >= 11 is 0. The Balaban J connectivity index is 2.37. The molecule has 0 aromatic carbocycles. The van der Waals surface area contributed by atoms with Gasteiger partial charge in [-0.2, -0.15) is 0 Å². The zero-order chi connectivity index (χ0) is 8.65. The van der Waals surface area contributed by atoms with Crippen LogP contribution in [-0.4, -0.2) is 6.29 Å². The number of allylic oxidation sites excluding steroid dienone is 2. The van der Waals surface area contributed by atoms with Crippen LogP contribution in [-0.2, 0) is 4.79 Å². The molecule has 0 N–H and O–H groups in total. The molecule has 0 aliphatic heterocycles. The van der Waals surface area contributed by atoms with Gasteiger partial charge in [-0.05, 0) is 31.3 Å². The van der Waals surface area contributed by atoms with E-state index in [0.717, 1.165) is 18.4 Å². The SMILES string of the molecule is O=[C]/C1=C/CCCCCCCC1.